The molecular weight excluding hydrogens is 236 g/mol. The molecule has 3 nitrogen and oxygen atoms in total. The van der Waals surface area contributed by atoms with Gasteiger partial charge in [-0.15, -0.1) is 12.4 Å². The first-order valence-electron chi connectivity index (χ1n) is 5.84. The summed E-state index contributed by atoms with van der Waals surface area (Å²) in [5, 5.41) is 14.3. The molecular formula is C13H17ClN2O. The van der Waals surface area contributed by atoms with E-state index in [4.69, 9.17) is 0 Å². The van der Waals surface area contributed by atoms with Gasteiger partial charge >= 0.3 is 0 Å². The van der Waals surface area contributed by atoms with Gasteiger partial charge in [0.05, 0.1) is 0 Å². The molecule has 0 radical (unpaired) electrons. The van der Waals surface area contributed by atoms with Gasteiger partial charge in [-0.3, -0.25) is 5.32 Å². The highest BCUT2D eigenvalue weighted by Gasteiger charge is 2.25. The van der Waals surface area contributed by atoms with E-state index in [9.17, 15) is 5.11 Å². The third-order valence-corrected chi connectivity index (χ3v) is 3.45. The molecule has 2 unspecified atom stereocenters. The summed E-state index contributed by atoms with van der Waals surface area (Å²) in [6, 6.07) is 8.25. The lowest BCUT2D eigenvalue weighted by atomic mass is 9.90. The minimum Gasteiger partial charge on any atom is -0.378 e. The zero-order valence-corrected chi connectivity index (χ0v) is 10.3. The van der Waals surface area contributed by atoms with Crippen molar-refractivity contribution in [3.05, 3.63) is 36.0 Å². The topological polar surface area (TPSA) is 48.0 Å². The fraction of sp³-hybridized carbons (Fsp3) is 0.385. The van der Waals surface area contributed by atoms with Crippen molar-refractivity contribution in [2.75, 3.05) is 6.54 Å². The first-order valence-corrected chi connectivity index (χ1v) is 5.84. The van der Waals surface area contributed by atoms with E-state index in [1.165, 1.54) is 10.9 Å². The van der Waals surface area contributed by atoms with Gasteiger partial charge in [0, 0.05) is 23.0 Å². The maximum atomic E-state index is 9.98. The molecule has 0 aliphatic carbocycles. The Bertz CT molecular complexity index is 497. The molecule has 2 aromatic rings. The predicted octanol–water partition coefficient (Wildman–Crippen LogP) is 2.38. The second-order valence-corrected chi connectivity index (χ2v) is 4.44. The summed E-state index contributed by atoms with van der Waals surface area (Å²) < 4.78 is 0. The van der Waals surface area contributed by atoms with Crippen molar-refractivity contribution in [2.24, 2.45) is 0 Å². The van der Waals surface area contributed by atoms with Gasteiger partial charge in [-0.2, -0.15) is 0 Å². The molecule has 0 spiro atoms. The van der Waals surface area contributed by atoms with E-state index in [1.54, 1.807) is 0 Å². The van der Waals surface area contributed by atoms with Gasteiger partial charge in [0.1, 0.15) is 6.23 Å². The summed E-state index contributed by atoms with van der Waals surface area (Å²) in [4.78, 5) is 3.27. The van der Waals surface area contributed by atoms with Crippen LogP contribution in [0.2, 0.25) is 0 Å². The molecule has 1 aliphatic rings. The second-order valence-electron chi connectivity index (χ2n) is 4.44. The molecule has 0 saturated carbocycles. The molecule has 1 fully saturated rings. The van der Waals surface area contributed by atoms with Crippen LogP contribution in [0.4, 0.5) is 0 Å². The van der Waals surface area contributed by atoms with Crippen LogP contribution in [0.3, 0.4) is 0 Å². The Kier molecular flexibility index (Phi) is 3.72. The van der Waals surface area contributed by atoms with Crippen molar-refractivity contribution < 1.29 is 5.11 Å². The predicted molar refractivity (Wildman–Crippen MR) is 71.5 cm³/mol. The normalized spacial score (nSPS) is 24.5. The lowest BCUT2D eigenvalue weighted by Gasteiger charge is -2.28. The number of aliphatic hydroxyl groups is 1. The molecule has 1 aromatic heterocycles. The number of aromatic amines is 1. The molecule has 2 heterocycles. The van der Waals surface area contributed by atoms with Crippen LogP contribution in [0.25, 0.3) is 10.9 Å². The van der Waals surface area contributed by atoms with Gasteiger partial charge in [0.25, 0.3) is 0 Å². The van der Waals surface area contributed by atoms with Crippen molar-refractivity contribution in [1.82, 2.24) is 10.3 Å². The van der Waals surface area contributed by atoms with Crippen LogP contribution >= 0.6 is 12.4 Å². The van der Waals surface area contributed by atoms with Gasteiger partial charge in [-0.05, 0) is 31.0 Å². The summed E-state index contributed by atoms with van der Waals surface area (Å²) in [7, 11) is 0. The van der Waals surface area contributed by atoms with Gasteiger partial charge in [0.2, 0.25) is 0 Å². The van der Waals surface area contributed by atoms with Crippen LogP contribution in [-0.2, 0) is 0 Å². The minimum atomic E-state index is -0.409. The Labute approximate surface area is 107 Å². The fourth-order valence-corrected chi connectivity index (χ4v) is 2.60. The first-order chi connectivity index (χ1) is 7.86. The Morgan fingerprint density at radius 3 is 2.88 bits per heavy atom. The number of hydrogen-bond donors (Lipinski definition) is 3. The highest BCUT2D eigenvalue weighted by Crippen LogP contribution is 2.32. The number of halogens is 1. The zero-order chi connectivity index (χ0) is 11.0. The average molecular weight is 253 g/mol. The molecule has 3 rings (SSSR count). The van der Waals surface area contributed by atoms with Gasteiger partial charge in [-0.25, -0.2) is 0 Å². The molecule has 1 aromatic carbocycles. The average Bonchev–Trinajstić information content (AvgIpc) is 2.74. The number of fused-ring (bicyclic) bond motifs is 1. The SMILES string of the molecule is Cl.OC1NCCCC1c1c[nH]c2ccccc12. The van der Waals surface area contributed by atoms with Crippen molar-refractivity contribution in [1.29, 1.82) is 0 Å². The van der Waals surface area contributed by atoms with E-state index in [1.807, 2.05) is 18.3 Å². The summed E-state index contributed by atoms with van der Waals surface area (Å²) in [5.41, 5.74) is 2.38. The van der Waals surface area contributed by atoms with E-state index >= 15 is 0 Å². The Hall–Kier alpha value is -1.03. The fourth-order valence-electron chi connectivity index (χ4n) is 2.60. The van der Waals surface area contributed by atoms with Gasteiger partial charge in [0.15, 0.2) is 0 Å². The largest absolute Gasteiger partial charge is 0.378 e. The molecule has 0 bridgehead atoms. The van der Waals surface area contributed by atoms with Crippen molar-refractivity contribution >= 4 is 23.3 Å². The standard InChI is InChI=1S/C13H16N2O.ClH/c16-13-10(5-3-7-14-13)11-8-15-12-6-2-1-4-9(11)12;/h1-2,4,6,8,10,13-16H,3,5,7H2;1H. The lowest BCUT2D eigenvalue weighted by Crippen LogP contribution is -2.39. The molecule has 1 aliphatic heterocycles. The number of aliphatic hydroxyl groups excluding tert-OH is 1. The number of rotatable bonds is 1. The van der Waals surface area contributed by atoms with Crippen LogP contribution < -0.4 is 5.32 Å². The van der Waals surface area contributed by atoms with Crippen LogP contribution in [0, 0.1) is 0 Å². The molecule has 2 atom stereocenters. The Morgan fingerprint density at radius 2 is 2.06 bits per heavy atom. The summed E-state index contributed by atoms with van der Waals surface area (Å²) in [6.07, 6.45) is 3.80. The smallest absolute Gasteiger partial charge is 0.111 e. The number of aromatic nitrogens is 1. The number of nitrogens with one attached hydrogen (secondary N) is 2. The number of para-hydroxylation sites is 1. The van der Waals surface area contributed by atoms with Crippen molar-refractivity contribution in [2.45, 2.75) is 25.0 Å². The first kappa shape index (κ1) is 12.4. The second kappa shape index (κ2) is 5.08. The minimum absolute atomic E-state index is 0. The van der Waals surface area contributed by atoms with Crippen molar-refractivity contribution in [3.8, 4) is 0 Å². The van der Waals surface area contributed by atoms with Crippen LogP contribution in [0.15, 0.2) is 30.5 Å². The van der Waals surface area contributed by atoms with E-state index in [-0.39, 0.29) is 18.3 Å². The summed E-state index contributed by atoms with van der Waals surface area (Å²) in [6.45, 7) is 0.917. The number of benzene rings is 1. The maximum Gasteiger partial charge on any atom is 0.111 e. The van der Waals surface area contributed by atoms with Crippen LogP contribution in [-0.4, -0.2) is 22.9 Å². The van der Waals surface area contributed by atoms with E-state index < -0.39 is 6.23 Å². The molecule has 92 valence electrons. The maximum absolute atomic E-state index is 9.98. The number of piperidine rings is 1. The lowest BCUT2D eigenvalue weighted by molar-refractivity contribution is 0.0850. The molecule has 0 amide bonds. The quantitative estimate of drug-likeness (QED) is 0.730. The van der Waals surface area contributed by atoms with Gasteiger partial charge in [-0.1, -0.05) is 18.2 Å². The third kappa shape index (κ3) is 2.18. The molecule has 3 N–H and O–H groups in total. The van der Waals surface area contributed by atoms with Gasteiger partial charge < -0.3 is 10.1 Å². The molecule has 1 saturated heterocycles. The van der Waals surface area contributed by atoms with Crippen LogP contribution in [0.5, 0.6) is 0 Å². The monoisotopic (exact) mass is 252 g/mol. The molecule has 17 heavy (non-hydrogen) atoms. The van der Waals surface area contributed by atoms with Crippen LogP contribution in [0.1, 0.15) is 24.3 Å². The van der Waals surface area contributed by atoms with Crippen molar-refractivity contribution in [3.63, 3.8) is 0 Å². The molecule has 4 heteroatoms. The highest BCUT2D eigenvalue weighted by atomic mass is 35.5. The number of H-pyrrole nitrogens is 1. The number of hydrogen-bond acceptors (Lipinski definition) is 2. The third-order valence-electron chi connectivity index (χ3n) is 3.45. The Balaban J connectivity index is 0.00000108. The zero-order valence-electron chi connectivity index (χ0n) is 9.52. The highest BCUT2D eigenvalue weighted by molar-refractivity contribution is 5.85. The van der Waals surface area contributed by atoms with E-state index in [2.05, 4.69) is 22.4 Å². The summed E-state index contributed by atoms with van der Waals surface area (Å²) in [5.74, 6) is 0.213. The summed E-state index contributed by atoms with van der Waals surface area (Å²) >= 11 is 0. The van der Waals surface area contributed by atoms with E-state index in [0.717, 1.165) is 24.9 Å². The Morgan fingerprint density at radius 1 is 1.24 bits per heavy atom. The van der Waals surface area contributed by atoms with E-state index in [0.29, 0.717) is 0 Å².